The van der Waals surface area contributed by atoms with Crippen LogP contribution in [-0.2, 0) is 12.8 Å². The summed E-state index contributed by atoms with van der Waals surface area (Å²) in [5, 5.41) is 10.2. The number of benzene rings is 1. The average Bonchev–Trinajstić information content (AvgIpc) is 3.18. The Balaban J connectivity index is 1.45. The van der Waals surface area contributed by atoms with Crippen molar-refractivity contribution in [3.8, 4) is 5.75 Å². The Hall–Kier alpha value is -2.14. The van der Waals surface area contributed by atoms with Gasteiger partial charge in [0, 0.05) is 29.8 Å². The van der Waals surface area contributed by atoms with Gasteiger partial charge in [0.05, 0.1) is 13.2 Å². The number of fused-ring (bicyclic) bond motifs is 1. The predicted octanol–water partition coefficient (Wildman–Crippen LogP) is 3.01. The van der Waals surface area contributed by atoms with Crippen LogP contribution < -0.4 is 9.64 Å². The maximum Gasteiger partial charge on any atom is 0.135 e. The second-order valence-electron chi connectivity index (χ2n) is 7.57. The molecule has 0 amide bonds. The third-order valence-corrected chi connectivity index (χ3v) is 5.79. The van der Waals surface area contributed by atoms with Gasteiger partial charge < -0.3 is 14.7 Å². The first-order chi connectivity index (χ1) is 12.8. The number of ether oxygens (including phenoxy) is 1. The van der Waals surface area contributed by atoms with E-state index in [1.807, 2.05) is 30.3 Å². The summed E-state index contributed by atoms with van der Waals surface area (Å²) in [6.45, 7) is 2.66. The summed E-state index contributed by atoms with van der Waals surface area (Å²) >= 11 is 0. The normalized spacial score (nSPS) is 22.3. The van der Waals surface area contributed by atoms with E-state index in [-0.39, 0.29) is 12.0 Å². The Bertz CT molecular complexity index is 737. The van der Waals surface area contributed by atoms with E-state index in [1.165, 1.54) is 17.7 Å². The van der Waals surface area contributed by atoms with Gasteiger partial charge in [-0.25, -0.2) is 9.97 Å². The number of aliphatic hydroxyl groups is 1. The lowest BCUT2D eigenvalue weighted by Crippen LogP contribution is -2.47. The van der Waals surface area contributed by atoms with E-state index in [2.05, 4.69) is 14.9 Å². The number of aliphatic hydroxyl groups excluding tert-OH is 1. The van der Waals surface area contributed by atoms with Crippen LogP contribution in [0.25, 0.3) is 0 Å². The van der Waals surface area contributed by atoms with Gasteiger partial charge in [0.1, 0.15) is 17.9 Å². The molecule has 0 radical (unpaired) electrons. The second-order valence-corrected chi connectivity index (χ2v) is 7.57. The van der Waals surface area contributed by atoms with Gasteiger partial charge in [-0.1, -0.05) is 18.2 Å². The molecule has 1 saturated heterocycles. The molecule has 4 rings (SSSR count). The van der Waals surface area contributed by atoms with Crippen molar-refractivity contribution in [1.82, 2.24) is 9.97 Å². The molecule has 5 nitrogen and oxygen atoms in total. The topological polar surface area (TPSA) is 58.5 Å². The monoisotopic (exact) mass is 353 g/mol. The summed E-state index contributed by atoms with van der Waals surface area (Å²) in [6.07, 6.45) is 7.97. The lowest BCUT2D eigenvalue weighted by molar-refractivity contribution is 0.0791. The standard InChI is InChI=1S/C21H27N3O2/c25-15-21(11-13-26-17-6-2-1-3-7-17)10-5-12-24(14-21)20-18-8-4-9-19(18)22-16-23-20/h1-3,6-7,16,25H,4-5,8-15H2. The van der Waals surface area contributed by atoms with Crippen LogP contribution in [0.3, 0.4) is 0 Å². The molecule has 0 spiro atoms. The molecule has 1 aliphatic carbocycles. The molecule has 0 saturated carbocycles. The molecule has 2 heterocycles. The van der Waals surface area contributed by atoms with Crippen LogP contribution in [0.1, 0.15) is 36.9 Å². The fraction of sp³-hybridized carbons (Fsp3) is 0.524. The molecule has 2 aliphatic rings. The maximum atomic E-state index is 10.2. The Labute approximate surface area is 155 Å². The number of nitrogens with zero attached hydrogens (tertiary/aromatic N) is 3. The third-order valence-electron chi connectivity index (χ3n) is 5.79. The van der Waals surface area contributed by atoms with Crippen LogP contribution in [0, 0.1) is 5.41 Å². The molecule has 1 fully saturated rings. The molecule has 1 unspecified atom stereocenters. The minimum atomic E-state index is -0.122. The molecule has 1 aromatic carbocycles. The minimum Gasteiger partial charge on any atom is -0.494 e. The summed E-state index contributed by atoms with van der Waals surface area (Å²) in [4.78, 5) is 11.4. The molecule has 1 N–H and O–H groups in total. The van der Waals surface area contributed by atoms with Crippen molar-refractivity contribution in [2.24, 2.45) is 5.41 Å². The Kier molecular flexibility index (Phi) is 5.07. The first kappa shape index (κ1) is 17.3. The van der Waals surface area contributed by atoms with Crippen molar-refractivity contribution in [3.05, 3.63) is 47.9 Å². The number of piperidine rings is 1. The van der Waals surface area contributed by atoms with E-state index in [0.717, 1.165) is 56.8 Å². The first-order valence-electron chi connectivity index (χ1n) is 9.66. The van der Waals surface area contributed by atoms with E-state index in [1.54, 1.807) is 6.33 Å². The third kappa shape index (κ3) is 3.54. The largest absolute Gasteiger partial charge is 0.494 e. The fourth-order valence-corrected chi connectivity index (χ4v) is 4.32. The highest BCUT2D eigenvalue weighted by Gasteiger charge is 2.36. The molecule has 26 heavy (non-hydrogen) atoms. The van der Waals surface area contributed by atoms with E-state index in [4.69, 9.17) is 4.74 Å². The summed E-state index contributed by atoms with van der Waals surface area (Å²) in [5.41, 5.74) is 2.41. The molecule has 1 aliphatic heterocycles. The van der Waals surface area contributed by atoms with Gasteiger partial charge in [0.25, 0.3) is 0 Å². The maximum absolute atomic E-state index is 10.2. The van der Waals surface area contributed by atoms with Crippen molar-refractivity contribution in [2.75, 3.05) is 31.2 Å². The van der Waals surface area contributed by atoms with Gasteiger partial charge in [-0.15, -0.1) is 0 Å². The number of aryl methyl sites for hydroxylation is 1. The SMILES string of the molecule is OCC1(CCOc2ccccc2)CCCN(c2ncnc3c2CCC3)C1. The van der Waals surface area contributed by atoms with Crippen LogP contribution >= 0.6 is 0 Å². The fourth-order valence-electron chi connectivity index (χ4n) is 4.32. The van der Waals surface area contributed by atoms with Gasteiger partial charge >= 0.3 is 0 Å². The zero-order valence-electron chi connectivity index (χ0n) is 15.2. The van der Waals surface area contributed by atoms with Gasteiger partial charge in [-0.05, 0) is 50.7 Å². The van der Waals surface area contributed by atoms with Gasteiger partial charge in [-0.2, -0.15) is 0 Å². The molecule has 1 aromatic heterocycles. The van der Waals surface area contributed by atoms with E-state index < -0.39 is 0 Å². The van der Waals surface area contributed by atoms with Gasteiger partial charge in [0.15, 0.2) is 0 Å². The molecule has 138 valence electrons. The van der Waals surface area contributed by atoms with E-state index in [0.29, 0.717) is 6.61 Å². The molecular formula is C21H27N3O2. The van der Waals surface area contributed by atoms with Gasteiger partial charge in [0.2, 0.25) is 0 Å². The lowest BCUT2D eigenvalue weighted by atomic mass is 9.78. The minimum absolute atomic E-state index is 0.122. The molecule has 5 heteroatoms. The first-order valence-corrected chi connectivity index (χ1v) is 9.66. The van der Waals surface area contributed by atoms with Crippen LogP contribution in [0.5, 0.6) is 5.75 Å². The Morgan fingerprint density at radius 1 is 1.12 bits per heavy atom. The van der Waals surface area contributed by atoms with Crippen molar-refractivity contribution >= 4 is 5.82 Å². The predicted molar refractivity (Wildman–Crippen MR) is 102 cm³/mol. The highest BCUT2D eigenvalue weighted by atomic mass is 16.5. The quantitative estimate of drug-likeness (QED) is 0.865. The van der Waals surface area contributed by atoms with Crippen molar-refractivity contribution in [3.63, 3.8) is 0 Å². The number of hydrogen-bond donors (Lipinski definition) is 1. The highest BCUT2D eigenvalue weighted by molar-refractivity contribution is 5.51. The van der Waals surface area contributed by atoms with Crippen molar-refractivity contribution < 1.29 is 9.84 Å². The zero-order valence-corrected chi connectivity index (χ0v) is 15.2. The molecule has 0 bridgehead atoms. The number of anilines is 1. The van der Waals surface area contributed by atoms with Crippen LogP contribution in [0.15, 0.2) is 36.7 Å². The van der Waals surface area contributed by atoms with Crippen LogP contribution in [0.4, 0.5) is 5.82 Å². The smallest absolute Gasteiger partial charge is 0.135 e. The summed E-state index contributed by atoms with van der Waals surface area (Å²) in [5.74, 6) is 1.98. The summed E-state index contributed by atoms with van der Waals surface area (Å²) in [7, 11) is 0. The second kappa shape index (κ2) is 7.62. The van der Waals surface area contributed by atoms with Crippen LogP contribution in [-0.4, -0.2) is 41.4 Å². The highest BCUT2D eigenvalue weighted by Crippen LogP contribution is 2.37. The van der Waals surface area contributed by atoms with E-state index >= 15 is 0 Å². The van der Waals surface area contributed by atoms with Crippen molar-refractivity contribution in [2.45, 2.75) is 38.5 Å². The number of hydrogen-bond acceptors (Lipinski definition) is 5. The molecular weight excluding hydrogens is 326 g/mol. The molecule has 1 atom stereocenters. The van der Waals surface area contributed by atoms with Gasteiger partial charge in [-0.3, -0.25) is 0 Å². The number of aromatic nitrogens is 2. The summed E-state index contributed by atoms with van der Waals surface area (Å²) in [6, 6.07) is 9.90. The number of para-hydroxylation sites is 1. The van der Waals surface area contributed by atoms with Crippen molar-refractivity contribution in [1.29, 1.82) is 0 Å². The molecule has 2 aromatic rings. The summed E-state index contributed by atoms with van der Waals surface area (Å²) < 4.78 is 5.90. The van der Waals surface area contributed by atoms with E-state index in [9.17, 15) is 5.11 Å². The number of rotatable bonds is 6. The Morgan fingerprint density at radius 2 is 2.00 bits per heavy atom. The Morgan fingerprint density at radius 3 is 2.85 bits per heavy atom. The zero-order chi connectivity index (χ0) is 17.8. The average molecular weight is 353 g/mol. The lowest BCUT2D eigenvalue weighted by Gasteiger charge is -2.42. The van der Waals surface area contributed by atoms with Crippen LogP contribution in [0.2, 0.25) is 0 Å².